The van der Waals surface area contributed by atoms with Gasteiger partial charge in [-0.05, 0) is 45.1 Å². The SMILES string of the molecule is CCN(CC)CCCN(CC)c1cccc(N)n1. The van der Waals surface area contributed by atoms with Crippen LogP contribution in [0.1, 0.15) is 27.2 Å². The highest BCUT2D eigenvalue weighted by Gasteiger charge is 2.06. The number of nitrogens with two attached hydrogens (primary N) is 1. The minimum absolute atomic E-state index is 0.592. The van der Waals surface area contributed by atoms with Gasteiger partial charge in [-0.25, -0.2) is 4.98 Å². The lowest BCUT2D eigenvalue weighted by molar-refractivity contribution is 0.300. The van der Waals surface area contributed by atoms with Gasteiger partial charge in [0.25, 0.3) is 0 Å². The van der Waals surface area contributed by atoms with Crippen molar-refractivity contribution >= 4 is 11.6 Å². The fourth-order valence-corrected chi connectivity index (χ4v) is 2.08. The van der Waals surface area contributed by atoms with Gasteiger partial charge in [-0.2, -0.15) is 0 Å². The van der Waals surface area contributed by atoms with Gasteiger partial charge < -0.3 is 15.5 Å². The molecule has 1 aromatic rings. The summed E-state index contributed by atoms with van der Waals surface area (Å²) < 4.78 is 0. The second kappa shape index (κ2) is 7.93. The van der Waals surface area contributed by atoms with Crippen LogP contribution in [0.15, 0.2) is 18.2 Å². The summed E-state index contributed by atoms with van der Waals surface area (Å²) in [5, 5.41) is 0. The number of aromatic nitrogens is 1. The van der Waals surface area contributed by atoms with E-state index in [4.69, 9.17) is 5.73 Å². The molecule has 0 amide bonds. The summed E-state index contributed by atoms with van der Waals surface area (Å²) in [5.74, 6) is 1.58. The molecular formula is C14H26N4. The number of hydrogen-bond acceptors (Lipinski definition) is 4. The van der Waals surface area contributed by atoms with E-state index in [1.165, 1.54) is 0 Å². The second-order valence-electron chi connectivity index (χ2n) is 4.38. The Morgan fingerprint density at radius 3 is 2.33 bits per heavy atom. The van der Waals surface area contributed by atoms with Gasteiger partial charge in [-0.1, -0.05) is 19.9 Å². The van der Waals surface area contributed by atoms with E-state index in [9.17, 15) is 0 Å². The quantitative estimate of drug-likeness (QED) is 0.768. The molecule has 4 heteroatoms. The van der Waals surface area contributed by atoms with Crippen LogP contribution in [0.25, 0.3) is 0 Å². The van der Waals surface area contributed by atoms with E-state index in [0.29, 0.717) is 5.82 Å². The summed E-state index contributed by atoms with van der Waals surface area (Å²) in [6, 6.07) is 5.81. The molecule has 0 aromatic carbocycles. The minimum Gasteiger partial charge on any atom is -0.384 e. The lowest BCUT2D eigenvalue weighted by Gasteiger charge is -2.24. The standard InChI is InChI=1S/C14H26N4/c1-4-17(5-2)11-8-12-18(6-3)14-10-7-9-13(15)16-14/h7,9-10H,4-6,8,11-12H2,1-3H3,(H2,15,16). The van der Waals surface area contributed by atoms with E-state index < -0.39 is 0 Å². The fourth-order valence-electron chi connectivity index (χ4n) is 2.08. The maximum absolute atomic E-state index is 5.73. The highest BCUT2D eigenvalue weighted by Crippen LogP contribution is 2.12. The summed E-state index contributed by atoms with van der Waals surface area (Å²) in [5.41, 5.74) is 5.73. The second-order valence-corrected chi connectivity index (χ2v) is 4.38. The third kappa shape index (κ3) is 4.53. The Morgan fingerprint density at radius 2 is 1.78 bits per heavy atom. The van der Waals surface area contributed by atoms with Crippen LogP contribution in [-0.2, 0) is 0 Å². The van der Waals surface area contributed by atoms with Crippen molar-refractivity contribution in [3.05, 3.63) is 18.2 Å². The first-order valence-electron chi connectivity index (χ1n) is 6.91. The van der Waals surface area contributed by atoms with Gasteiger partial charge in [-0.3, -0.25) is 0 Å². The van der Waals surface area contributed by atoms with Crippen molar-refractivity contribution in [2.45, 2.75) is 27.2 Å². The molecule has 1 heterocycles. The zero-order valence-electron chi connectivity index (χ0n) is 11.9. The zero-order chi connectivity index (χ0) is 13.4. The molecule has 0 unspecified atom stereocenters. The highest BCUT2D eigenvalue weighted by atomic mass is 15.2. The van der Waals surface area contributed by atoms with Gasteiger partial charge in [0.05, 0.1) is 0 Å². The molecule has 0 aliphatic heterocycles. The van der Waals surface area contributed by atoms with Gasteiger partial charge in [0.1, 0.15) is 11.6 Å². The van der Waals surface area contributed by atoms with Crippen molar-refractivity contribution in [2.24, 2.45) is 0 Å². The molecule has 4 nitrogen and oxygen atoms in total. The largest absolute Gasteiger partial charge is 0.384 e. The molecule has 0 saturated carbocycles. The third-order valence-corrected chi connectivity index (χ3v) is 3.26. The Bertz CT molecular complexity index is 336. The molecule has 0 radical (unpaired) electrons. The molecule has 18 heavy (non-hydrogen) atoms. The van der Waals surface area contributed by atoms with Gasteiger partial charge in [-0.15, -0.1) is 0 Å². The number of nitrogens with zero attached hydrogens (tertiary/aromatic N) is 3. The Hall–Kier alpha value is -1.29. The Kier molecular flexibility index (Phi) is 6.50. The minimum atomic E-state index is 0.592. The molecule has 0 aliphatic rings. The lowest BCUT2D eigenvalue weighted by Crippen LogP contribution is -2.30. The number of hydrogen-bond donors (Lipinski definition) is 1. The van der Waals surface area contributed by atoms with E-state index in [0.717, 1.165) is 45.0 Å². The number of anilines is 2. The van der Waals surface area contributed by atoms with Crippen LogP contribution in [0.2, 0.25) is 0 Å². The van der Waals surface area contributed by atoms with Crippen LogP contribution in [0.5, 0.6) is 0 Å². The molecule has 0 spiro atoms. The highest BCUT2D eigenvalue weighted by molar-refractivity contribution is 5.44. The van der Waals surface area contributed by atoms with Crippen LogP contribution in [0, 0.1) is 0 Å². The predicted octanol–water partition coefficient (Wildman–Crippen LogP) is 2.22. The summed E-state index contributed by atoms with van der Waals surface area (Å²) in [6.07, 6.45) is 1.16. The van der Waals surface area contributed by atoms with Crippen molar-refractivity contribution < 1.29 is 0 Å². The van der Waals surface area contributed by atoms with Gasteiger partial charge in [0, 0.05) is 13.1 Å². The molecule has 0 aliphatic carbocycles. The zero-order valence-corrected chi connectivity index (χ0v) is 11.9. The maximum Gasteiger partial charge on any atom is 0.130 e. The van der Waals surface area contributed by atoms with Crippen LogP contribution in [0.3, 0.4) is 0 Å². The van der Waals surface area contributed by atoms with Crippen LogP contribution in [-0.4, -0.2) is 42.6 Å². The van der Waals surface area contributed by atoms with E-state index in [2.05, 4.69) is 35.6 Å². The first-order chi connectivity index (χ1) is 8.71. The van der Waals surface area contributed by atoms with Gasteiger partial charge >= 0.3 is 0 Å². The van der Waals surface area contributed by atoms with Crippen LogP contribution < -0.4 is 10.6 Å². The number of pyridine rings is 1. The molecule has 2 N–H and O–H groups in total. The van der Waals surface area contributed by atoms with Crippen molar-refractivity contribution in [2.75, 3.05) is 43.4 Å². The van der Waals surface area contributed by atoms with Gasteiger partial charge in [0.15, 0.2) is 0 Å². The molecule has 0 saturated heterocycles. The Labute approximate surface area is 111 Å². The normalized spacial score (nSPS) is 10.9. The summed E-state index contributed by atoms with van der Waals surface area (Å²) in [4.78, 5) is 9.10. The molecule has 0 bridgehead atoms. The van der Waals surface area contributed by atoms with Crippen molar-refractivity contribution in [1.29, 1.82) is 0 Å². The number of rotatable bonds is 8. The lowest BCUT2D eigenvalue weighted by atomic mass is 10.3. The van der Waals surface area contributed by atoms with Crippen molar-refractivity contribution in [1.82, 2.24) is 9.88 Å². The molecular weight excluding hydrogens is 224 g/mol. The fraction of sp³-hybridized carbons (Fsp3) is 0.643. The first kappa shape index (κ1) is 14.8. The topological polar surface area (TPSA) is 45.4 Å². The van der Waals surface area contributed by atoms with Crippen molar-refractivity contribution in [3.63, 3.8) is 0 Å². The molecule has 0 fully saturated rings. The van der Waals surface area contributed by atoms with E-state index in [-0.39, 0.29) is 0 Å². The Balaban J connectivity index is 2.47. The van der Waals surface area contributed by atoms with Crippen molar-refractivity contribution in [3.8, 4) is 0 Å². The third-order valence-electron chi connectivity index (χ3n) is 3.26. The van der Waals surface area contributed by atoms with E-state index in [1.54, 1.807) is 0 Å². The van der Waals surface area contributed by atoms with Gasteiger partial charge in [0.2, 0.25) is 0 Å². The van der Waals surface area contributed by atoms with Crippen LogP contribution in [0.4, 0.5) is 11.6 Å². The molecule has 1 aromatic heterocycles. The maximum atomic E-state index is 5.73. The molecule has 102 valence electrons. The first-order valence-corrected chi connectivity index (χ1v) is 6.91. The number of nitrogen functional groups attached to an aromatic ring is 1. The summed E-state index contributed by atoms with van der Waals surface area (Å²) >= 11 is 0. The van der Waals surface area contributed by atoms with E-state index >= 15 is 0 Å². The van der Waals surface area contributed by atoms with Crippen LogP contribution >= 0.6 is 0 Å². The average Bonchev–Trinajstić information content (AvgIpc) is 2.39. The smallest absolute Gasteiger partial charge is 0.130 e. The predicted molar refractivity (Wildman–Crippen MR) is 78.9 cm³/mol. The monoisotopic (exact) mass is 250 g/mol. The molecule has 1 rings (SSSR count). The molecule has 0 atom stereocenters. The average molecular weight is 250 g/mol. The summed E-state index contributed by atoms with van der Waals surface area (Å²) in [7, 11) is 0. The summed E-state index contributed by atoms with van der Waals surface area (Å²) in [6.45, 7) is 12.0. The Morgan fingerprint density at radius 1 is 1.06 bits per heavy atom. The van der Waals surface area contributed by atoms with E-state index in [1.807, 2.05) is 18.2 Å².